The smallest absolute Gasteiger partial charge is 0.331 e. The summed E-state index contributed by atoms with van der Waals surface area (Å²) in [5.74, 6) is 0.0299. The van der Waals surface area contributed by atoms with Crippen molar-refractivity contribution in [1.29, 1.82) is 5.26 Å². The Morgan fingerprint density at radius 3 is 2.94 bits per heavy atom. The second-order valence-electron chi connectivity index (χ2n) is 5.02. The normalized spacial score (nSPS) is 32.1. The molecule has 1 aliphatic heterocycles. The van der Waals surface area contributed by atoms with E-state index in [1.54, 1.807) is 0 Å². The van der Waals surface area contributed by atoms with Crippen molar-refractivity contribution in [2.45, 2.75) is 31.8 Å². The van der Waals surface area contributed by atoms with E-state index in [2.05, 4.69) is 6.07 Å². The zero-order valence-electron chi connectivity index (χ0n) is 9.72. The number of carbonyl (C=O) groups is 1. The van der Waals surface area contributed by atoms with Crippen molar-refractivity contribution in [3.8, 4) is 6.07 Å². The summed E-state index contributed by atoms with van der Waals surface area (Å²) >= 11 is 0. The van der Waals surface area contributed by atoms with Gasteiger partial charge in [-0.15, -0.1) is 0 Å². The van der Waals surface area contributed by atoms with Gasteiger partial charge in [-0.25, -0.2) is 4.79 Å². The van der Waals surface area contributed by atoms with Gasteiger partial charge in [0.25, 0.3) is 0 Å². The Bertz CT molecular complexity index is 334. The van der Waals surface area contributed by atoms with E-state index in [4.69, 9.17) is 14.6 Å². The molecule has 2 unspecified atom stereocenters. The van der Waals surface area contributed by atoms with Gasteiger partial charge in [-0.05, 0) is 18.8 Å². The average molecular weight is 239 g/mol. The molecule has 1 N–H and O–H groups in total. The minimum absolute atomic E-state index is 0.132. The molecular weight excluding hydrogens is 222 g/mol. The Morgan fingerprint density at radius 2 is 2.35 bits per heavy atom. The van der Waals surface area contributed by atoms with Crippen molar-refractivity contribution < 1.29 is 19.4 Å². The summed E-state index contributed by atoms with van der Waals surface area (Å²) in [6.45, 7) is -0.0486. The Morgan fingerprint density at radius 1 is 1.59 bits per heavy atom. The second-order valence-corrected chi connectivity index (χ2v) is 5.02. The van der Waals surface area contributed by atoms with Crippen molar-refractivity contribution >= 4 is 5.97 Å². The van der Waals surface area contributed by atoms with Crippen LogP contribution in [0.2, 0.25) is 0 Å². The molecule has 0 aromatic carbocycles. The number of hydrogen-bond donors (Lipinski definition) is 1. The zero-order chi connectivity index (χ0) is 12.3. The lowest BCUT2D eigenvalue weighted by atomic mass is 9.82. The van der Waals surface area contributed by atoms with Gasteiger partial charge in [-0.3, -0.25) is 0 Å². The van der Waals surface area contributed by atoms with E-state index in [9.17, 15) is 10.1 Å². The number of carbonyl (C=O) groups excluding carboxylic acids is 1. The van der Waals surface area contributed by atoms with Crippen molar-refractivity contribution in [2.75, 3.05) is 19.8 Å². The number of rotatable bonds is 5. The Labute approximate surface area is 100 Å². The van der Waals surface area contributed by atoms with Crippen LogP contribution in [0.1, 0.15) is 25.7 Å². The molecular formula is C12H17NO4. The van der Waals surface area contributed by atoms with Crippen LogP contribution in [0.4, 0.5) is 0 Å². The van der Waals surface area contributed by atoms with Crippen molar-refractivity contribution in [1.82, 2.24) is 0 Å². The summed E-state index contributed by atoms with van der Waals surface area (Å²) in [7, 11) is 0. The third-order valence-corrected chi connectivity index (χ3v) is 3.39. The fourth-order valence-corrected chi connectivity index (χ4v) is 2.31. The first-order valence-electron chi connectivity index (χ1n) is 5.97. The number of aliphatic hydroxyl groups excluding tert-OH is 1. The number of aliphatic hydroxyl groups is 1. The van der Waals surface area contributed by atoms with Crippen LogP contribution in [0, 0.1) is 22.7 Å². The number of nitriles is 1. The van der Waals surface area contributed by atoms with Gasteiger partial charge in [0.15, 0.2) is 0 Å². The maximum atomic E-state index is 10.8. The standard InChI is InChI=1S/C12H17NO4/c13-7-12(3-9-1-2-9)4-10(17-8-12)6-16-11(15)5-14/h9-10,14H,1-6,8H2. The largest absolute Gasteiger partial charge is 0.461 e. The number of hydrogen-bond acceptors (Lipinski definition) is 5. The third kappa shape index (κ3) is 3.18. The summed E-state index contributed by atoms with van der Waals surface area (Å²) in [4.78, 5) is 10.8. The van der Waals surface area contributed by atoms with Crippen molar-refractivity contribution in [3.05, 3.63) is 0 Å². The molecule has 94 valence electrons. The topological polar surface area (TPSA) is 79.5 Å². The van der Waals surface area contributed by atoms with Crippen LogP contribution >= 0.6 is 0 Å². The van der Waals surface area contributed by atoms with E-state index in [0.29, 0.717) is 18.9 Å². The predicted octanol–water partition coefficient (Wildman–Crippen LogP) is 0.621. The quantitative estimate of drug-likeness (QED) is 0.711. The van der Waals surface area contributed by atoms with E-state index in [1.165, 1.54) is 12.8 Å². The van der Waals surface area contributed by atoms with Gasteiger partial charge >= 0.3 is 5.97 Å². The summed E-state index contributed by atoms with van der Waals surface area (Å²) in [6, 6.07) is 2.37. The first-order chi connectivity index (χ1) is 8.17. The van der Waals surface area contributed by atoms with Gasteiger partial charge in [-0.2, -0.15) is 5.26 Å². The van der Waals surface area contributed by atoms with E-state index in [1.807, 2.05) is 0 Å². The van der Waals surface area contributed by atoms with E-state index in [-0.39, 0.29) is 12.7 Å². The highest BCUT2D eigenvalue weighted by atomic mass is 16.6. The summed E-state index contributed by atoms with van der Waals surface area (Å²) in [5, 5.41) is 17.8. The van der Waals surface area contributed by atoms with Gasteiger partial charge in [-0.1, -0.05) is 12.8 Å². The molecule has 1 saturated carbocycles. The fraction of sp³-hybridized carbons (Fsp3) is 0.833. The molecule has 0 bridgehead atoms. The molecule has 2 rings (SSSR count). The maximum absolute atomic E-state index is 10.8. The Hall–Kier alpha value is -1.12. The molecule has 2 atom stereocenters. The van der Waals surface area contributed by atoms with E-state index < -0.39 is 18.0 Å². The summed E-state index contributed by atoms with van der Waals surface area (Å²) in [5.41, 5.74) is -0.391. The van der Waals surface area contributed by atoms with Crippen LogP contribution in [-0.2, 0) is 14.3 Å². The molecule has 5 nitrogen and oxygen atoms in total. The van der Waals surface area contributed by atoms with Crippen molar-refractivity contribution in [2.24, 2.45) is 11.3 Å². The van der Waals surface area contributed by atoms with E-state index >= 15 is 0 Å². The molecule has 0 radical (unpaired) electrons. The van der Waals surface area contributed by atoms with Gasteiger partial charge in [0.2, 0.25) is 0 Å². The molecule has 0 amide bonds. The number of esters is 1. The van der Waals surface area contributed by atoms with Crippen LogP contribution in [0.25, 0.3) is 0 Å². The molecule has 0 aromatic heterocycles. The highest BCUT2D eigenvalue weighted by Crippen LogP contribution is 2.45. The third-order valence-electron chi connectivity index (χ3n) is 3.39. The molecule has 1 heterocycles. The summed E-state index contributed by atoms with van der Waals surface area (Å²) in [6.07, 6.45) is 3.75. The fourth-order valence-electron chi connectivity index (χ4n) is 2.31. The van der Waals surface area contributed by atoms with Crippen LogP contribution in [0.5, 0.6) is 0 Å². The number of nitrogens with zero attached hydrogens (tertiary/aromatic N) is 1. The minimum atomic E-state index is -0.648. The maximum Gasteiger partial charge on any atom is 0.331 e. The van der Waals surface area contributed by atoms with Crippen LogP contribution < -0.4 is 0 Å². The second kappa shape index (κ2) is 5.03. The Kier molecular flexibility index (Phi) is 3.65. The SMILES string of the molecule is N#CC1(CC2CC2)COC(COC(=O)CO)C1. The van der Waals surface area contributed by atoms with Crippen LogP contribution in [-0.4, -0.2) is 37.0 Å². The first-order valence-corrected chi connectivity index (χ1v) is 5.97. The van der Waals surface area contributed by atoms with Crippen LogP contribution in [0.15, 0.2) is 0 Å². The molecule has 0 spiro atoms. The molecule has 1 aliphatic carbocycles. The molecule has 1 saturated heterocycles. The molecule has 17 heavy (non-hydrogen) atoms. The van der Waals surface area contributed by atoms with Gasteiger partial charge in [0.05, 0.1) is 24.2 Å². The lowest BCUT2D eigenvalue weighted by Crippen LogP contribution is -2.22. The van der Waals surface area contributed by atoms with Crippen molar-refractivity contribution in [3.63, 3.8) is 0 Å². The molecule has 2 aliphatic rings. The molecule has 5 heteroatoms. The highest BCUT2D eigenvalue weighted by Gasteiger charge is 2.44. The lowest BCUT2D eigenvalue weighted by molar-refractivity contribution is -0.150. The van der Waals surface area contributed by atoms with Crippen LogP contribution in [0.3, 0.4) is 0 Å². The van der Waals surface area contributed by atoms with E-state index in [0.717, 1.165) is 6.42 Å². The average Bonchev–Trinajstić information content (AvgIpc) is 3.05. The summed E-state index contributed by atoms with van der Waals surface area (Å²) < 4.78 is 10.3. The zero-order valence-corrected chi connectivity index (χ0v) is 9.72. The lowest BCUT2D eigenvalue weighted by Gasteiger charge is -2.17. The number of ether oxygens (including phenoxy) is 2. The van der Waals surface area contributed by atoms with Gasteiger partial charge < -0.3 is 14.6 Å². The first kappa shape index (κ1) is 12.3. The van der Waals surface area contributed by atoms with Gasteiger partial charge in [0.1, 0.15) is 13.2 Å². The minimum Gasteiger partial charge on any atom is -0.461 e. The van der Waals surface area contributed by atoms with Gasteiger partial charge in [0, 0.05) is 0 Å². The Balaban J connectivity index is 1.80. The predicted molar refractivity (Wildman–Crippen MR) is 57.8 cm³/mol. The highest BCUT2D eigenvalue weighted by molar-refractivity contribution is 5.70. The monoisotopic (exact) mass is 239 g/mol. The molecule has 2 fully saturated rings. The molecule has 0 aromatic rings.